The second-order valence-corrected chi connectivity index (χ2v) is 13.6. The third-order valence-electron chi connectivity index (χ3n) is 9.07. The molecule has 2 atom stereocenters. The van der Waals surface area contributed by atoms with E-state index in [1.165, 1.54) is 103 Å². The molecule has 0 fully saturated rings. The van der Waals surface area contributed by atoms with E-state index in [4.69, 9.17) is 9.47 Å². The molecule has 3 N–H and O–H groups in total. The molecule has 0 aliphatic rings. The molecule has 0 aromatic heterocycles. The maximum Gasteiger partial charge on any atom is 0.308 e. The Hall–Kier alpha value is -1.22. The van der Waals surface area contributed by atoms with Gasteiger partial charge < -0.3 is 24.8 Å². The lowest BCUT2D eigenvalue weighted by atomic mass is 9.92. The minimum atomic E-state index is -0.942. The third-order valence-corrected chi connectivity index (χ3v) is 9.07. The Morgan fingerprint density at radius 2 is 0.913 bits per heavy atom. The highest BCUT2D eigenvalue weighted by Crippen LogP contribution is 2.22. The van der Waals surface area contributed by atoms with E-state index in [9.17, 15) is 24.9 Å². The van der Waals surface area contributed by atoms with Crippen LogP contribution in [0.15, 0.2) is 0 Å². The summed E-state index contributed by atoms with van der Waals surface area (Å²) in [5.41, 5.74) is 0. The summed E-state index contributed by atoms with van der Waals surface area (Å²) in [7, 11) is 0. The summed E-state index contributed by atoms with van der Waals surface area (Å²) in [6, 6.07) is 0. The van der Waals surface area contributed by atoms with E-state index in [-0.39, 0.29) is 32.5 Å². The smallest absolute Gasteiger partial charge is 0.308 e. The molecule has 46 heavy (non-hydrogen) atoms. The zero-order valence-corrected chi connectivity index (χ0v) is 30.5. The van der Waals surface area contributed by atoms with Crippen LogP contribution in [0.1, 0.15) is 169 Å². The van der Waals surface area contributed by atoms with Gasteiger partial charge in [-0.15, -0.1) is 0 Å². The molecule has 8 heteroatoms. The average Bonchev–Trinajstić information content (AvgIpc) is 3.01. The molecule has 0 heterocycles. The quantitative estimate of drug-likeness (QED) is 0.0471. The largest absolute Gasteiger partial charge is 0.466 e. The molecule has 0 aromatic carbocycles. The van der Waals surface area contributed by atoms with Gasteiger partial charge in [0.05, 0.1) is 38.3 Å². The van der Waals surface area contributed by atoms with Crippen LogP contribution in [0.5, 0.6) is 0 Å². The SMILES string of the molecule is CCCCCC(CCCCC)CCOC(=O)CC(O)CN(CCCCO)CC(O)CC(=O)OCCC(CCCCC)CCCCC. The molecule has 0 spiro atoms. The van der Waals surface area contributed by atoms with Gasteiger partial charge in [-0.05, 0) is 44.1 Å². The van der Waals surface area contributed by atoms with E-state index >= 15 is 0 Å². The van der Waals surface area contributed by atoms with E-state index in [0.717, 1.165) is 12.8 Å². The Bertz CT molecular complexity index is 620. The molecule has 0 bridgehead atoms. The number of esters is 2. The second kappa shape index (κ2) is 32.3. The first-order valence-electron chi connectivity index (χ1n) is 19.3. The normalized spacial score (nSPS) is 13.1. The van der Waals surface area contributed by atoms with Crippen molar-refractivity contribution >= 4 is 11.9 Å². The molecule has 0 rings (SSSR count). The summed E-state index contributed by atoms with van der Waals surface area (Å²) in [6.45, 7) is 10.6. The van der Waals surface area contributed by atoms with Gasteiger partial charge in [0.1, 0.15) is 0 Å². The Morgan fingerprint density at radius 1 is 0.543 bits per heavy atom. The lowest BCUT2D eigenvalue weighted by Gasteiger charge is -2.27. The van der Waals surface area contributed by atoms with E-state index < -0.39 is 24.1 Å². The molecular weight excluding hydrogens is 582 g/mol. The highest BCUT2D eigenvalue weighted by atomic mass is 16.5. The number of aliphatic hydroxyl groups excluding tert-OH is 3. The van der Waals surface area contributed by atoms with Gasteiger partial charge in [-0.25, -0.2) is 0 Å². The maximum absolute atomic E-state index is 12.5. The minimum absolute atomic E-state index is 0.0629. The van der Waals surface area contributed by atoms with Crippen molar-refractivity contribution in [2.24, 2.45) is 11.8 Å². The van der Waals surface area contributed by atoms with Gasteiger partial charge in [0.2, 0.25) is 0 Å². The molecular formula is C38H75NO7. The second-order valence-electron chi connectivity index (χ2n) is 13.6. The number of carbonyl (C=O) groups is 2. The van der Waals surface area contributed by atoms with Crippen LogP contribution in [0.2, 0.25) is 0 Å². The monoisotopic (exact) mass is 658 g/mol. The number of aliphatic hydroxyl groups is 3. The summed E-state index contributed by atoms with van der Waals surface area (Å²) >= 11 is 0. The van der Waals surface area contributed by atoms with Gasteiger partial charge in [-0.1, -0.05) is 130 Å². The zero-order valence-electron chi connectivity index (χ0n) is 30.5. The van der Waals surface area contributed by atoms with Crippen molar-refractivity contribution < 1.29 is 34.4 Å². The predicted molar refractivity (Wildman–Crippen MR) is 189 cm³/mol. The van der Waals surface area contributed by atoms with Crippen molar-refractivity contribution in [1.82, 2.24) is 4.90 Å². The van der Waals surface area contributed by atoms with Gasteiger partial charge in [0.15, 0.2) is 0 Å². The summed E-state index contributed by atoms with van der Waals surface area (Å²) < 4.78 is 11.0. The first-order chi connectivity index (χ1) is 22.3. The van der Waals surface area contributed by atoms with Crippen LogP contribution in [0, 0.1) is 11.8 Å². The first-order valence-corrected chi connectivity index (χ1v) is 19.3. The van der Waals surface area contributed by atoms with Gasteiger partial charge >= 0.3 is 11.9 Å². The van der Waals surface area contributed by atoms with Crippen LogP contribution in [0.25, 0.3) is 0 Å². The molecule has 0 radical (unpaired) electrons. The molecule has 8 nitrogen and oxygen atoms in total. The number of carbonyl (C=O) groups excluding carboxylic acids is 2. The molecule has 274 valence electrons. The van der Waals surface area contributed by atoms with Crippen LogP contribution in [0.3, 0.4) is 0 Å². The third kappa shape index (κ3) is 27.9. The van der Waals surface area contributed by atoms with Crippen molar-refractivity contribution in [2.45, 2.75) is 181 Å². The van der Waals surface area contributed by atoms with Crippen LogP contribution in [-0.4, -0.2) is 83.8 Å². The number of hydrogen-bond donors (Lipinski definition) is 3. The van der Waals surface area contributed by atoms with Crippen LogP contribution in [-0.2, 0) is 19.1 Å². The highest BCUT2D eigenvalue weighted by Gasteiger charge is 2.21. The lowest BCUT2D eigenvalue weighted by Crippen LogP contribution is -2.40. The fraction of sp³-hybridized carbons (Fsp3) is 0.947. The van der Waals surface area contributed by atoms with Crippen LogP contribution >= 0.6 is 0 Å². The van der Waals surface area contributed by atoms with E-state index in [1.807, 2.05) is 4.90 Å². The fourth-order valence-corrected chi connectivity index (χ4v) is 6.21. The van der Waals surface area contributed by atoms with Gasteiger partial charge in [0, 0.05) is 19.7 Å². The van der Waals surface area contributed by atoms with Crippen molar-refractivity contribution in [3.05, 3.63) is 0 Å². The summed E-state index contributed by atoms with van der Waals surface area (Å²) in [5.74, 6) is 0.332. The Morgan fingerprint density at radius 3 is 1.24 bits per heavy atom. The Balaban J connectivity index is 4.69. The maximum atomic E-state index is 12.5. The van der Waals surface area contributed by atoms with E-state index in [0.29, 0.717) is 44.4 Å². The summed E-state index contributed by atoms with van der Waals surface area (Å²) in [4.78, 5) is 26.9. The number of nitrogens with zero attached hydrogens (tertiary/aromatic N) is 1. The van der Waals surface area contributed by atoms with E-state index in [2.05, 4.69) is 27.7 Å². The minimum Gasteiger partial charge on any atom is -0.466 e. The van der Waals surface area contributed by atoms with Gasteiger partial charge in [0.25, 0.3) is 0 Å². The molecule has 0 amide bonds. The Kier molecular flexibility index (Phi) is 31.5. The number of ether oxygens (including phenoxy) is 2. The van der Waals surface area contributed by atoms with E-state index in [1.54, 1.807) is 0 Å². The van der Waals surface area contributed by atoms with Crippen molar-refractivity contribution in [2.75, 3.05) is 39.5 Å². The standard InChI is InChI=1S/C38H75NO7/c1-5-9-13-19-33(20-14-10-6-2)23-27-45-37(43)29-35(41)31-39(25-17-18-26-40)32-36(42)30-38(44)46-28-24-34(21-15-11-7-3)22-16-12-8-4/h33-36,40-42H,5-32H2,1-4H3. The topological polar surface area (TPSA) is 117 Å². The van der Waals surface area contributed by atoms with Crippen LogP contribution < -0.4 is 0 Å². The van der Waals surface area contributed by atoms with Crippen molar-refractivity contribution in [3.8, 4) is 0 Å². The number of rotatable bonds is 34. The fourth-order valence-electron chi connectivity index (χ4n) is 6.21. The average molecular weight is 658 g/mol. The summed E-state index contributed by atoms with van der Waals surface area (Å²) in [6.07, 6.45) is 20.2. The lowest BCUT2D eigenvalue weighted by molar-refractivity contribution is -0.146. The Labute approximate surface area is 283 Å². The molecule has 0 saturated carbocycles. The molecule has 0 aliphatic carbocycles. The highest BCUT2D eigenvalue weighted by molar-refractivity contribution is 5.70. The van der Waals surface area contributed by atoms with Crippen molar-refractivity contribution in [1.29, 1.82) is 0 Å². The molecule has 0 saturated heterocycles. The molecule has 2 unspecified atom stereocenters. The van der Waals surface area contributed by atoms with Crippen molar-refractivity contribution in [3.63, 3.8) is 0 Å². The predicted octanol–water partition coefficient (Wildman–Crippen LogP) is 7.98. The van der Waals surface area contributed by atoms with Gasteiger partial charge in [-0.3, -0.25) is 14.5 Å². The van der Waals surface area contributed by atoms with Crippen LogP contribution in [0.4, 0.5) is 0 Å². The van der Waals surface area contributed by atoms with Gasteiger partial charge in [-0.2, -0.15) is 0 Å². The zero-order chi connectivity index (χ0) is 34.3. The number of hydrogen-bond acceptors (Lipinski definition) is 8. The summed E-state index contributed by atoms with van der Waals surface area (Å²) in [5, 5.41) is 30.6. The molecule has 0 aromatic rings. The first kappa shape index (κ1) is 44.8. The molecule has 0 aliphatic heterocycles. The number of unbranched alkanes of at least 4 members (excludes halogenated alkanes) is 9.